The molecule has 0 heterocycles. The summed E-state index contributed by atoms with van der Waals surface area (Å²) in [6, 6.07) is 15.5. The minimum atomic E-state index is -1.82. The highest BCUT2D eigenvalue weighted by Gasteiger charge is 2.31. The molecule has 0 bridgehead atoms. The van der Waals surface area contributed by atoms with Gasteiger partial charge in [-0.2, -0.15) is 0 Å². The fourth-order valence-electron chi connectivity index (χ4n) is 2.67. The standard InChI is InChI=1S/C20H24ClIN2O.C2H2O4/c1-4-15-7-5-6-8-18(15)19(25)23-20(22,13-14-24(2)3)16-9-11-17(21)12-10-16;3-1(4)2(5)6/h5-12H,4,13-14H2,1-3H3,(H,23,25);(H,3,4)(H,5,6). The fraction of sp³-hybridized carbons (Fsp3) is 0.318. The highest BCUT2D eigenvalue weighted by Crippen LogP contribution is 2.34. The number of aliphatic carboxylic acids is 2. The molecule has 0 radical (unpaired) electrons. The van der Waals surface area contributed by atoms with Crippen LogP contribution in [-0.4, -0.2) is 53.6 Å². The van der Waals surface area contributed by atoms with Gasteiger partial charge in [0.25, 0.3) is 5.91 Å². The Hall–Kier alpha value is -2.17. The Morgan fingerprint density at radius 3 is 2.06 bits per heavy atom. The summed E-state index contributed by atoms with van der Waals surface area (Å²) in [6.07, 6.45) is 1.62. The molecule has 2 rings (SSSR count). The number of alkyl halides is 1. The number of hydrogen-bond acceptors (Lipinski definition) is 4. The molecule has 1 amide bonds. The molecule has 0 aliphatic carbocycles. The SMILES string of the molecule is CCc1ccccc1C(=O)NC(I)(CCN(C)C)c1ccc(Cl)cc1.O=C(O)C(=O)O. The van der Waals surface area contributed by atoms with E-state index < -0.39 is 15.5 Å². The molecule has 0 saturated heterocycles. The highest BCUT2D eigenvalue weighted by molar-refractivity contribution is 14.1. The van der Waals surface area contributed by atoms with E-state index in [1.807, 2.05) is 62.6 Å². The minimum Gasteiger partial charge on any atom is -0.473 e. The van der Waals surface area contributed by atoms with Crippen LogP contribution in [0.4, 0.5) is 0 Å². The lowest BCUT2D eigenvalue weighted by atomic mass is 10.0. The van der Waals surface area contributed by atoms with Crippen molar-refractivity contribution in [2.45, 2.75) is 23.3 Å². The third-order valence-corrected chi connectivity index (χ3v) is 6.03. The van der Waals surface area contributed by atoms with Gasteiger partial charge in [0.2, 0.25) is 0 Å². The van der Waals surface area contributed by atoms with Gasteiger partial charge in [-0.1, -0.05) is 48.9 Å². The van der Waals surface area contributed by atoms with E-state index in [0.717, 1.165) is 36.1 Å². The van der Waals surface area contributed by atoms with Crippen molar-refractivity contribution in [3.63, 3.8) is 0 Å². The van der Waals surface area contributed by atoms with Crippen LogP contribution >= 0.6 is 34.2 Å². The molecule has 0 saturated carbocycles. The number of rotatable bonds is 7. The first-order valence-electron chi connectivity index (χ1n) is 9.46. The van der Waals surface area contributed by atoms with Crippen molar-refractivity contribution in [3.8, 4) is 0 Å². The van der Waals surface area contributed by atoms with Gasteiger partial charge in [0.1, 0.15) is 3.55 Å². The number of aryl methyl sites for hydroxylation is 1. The predicted molar refractivity (Wildman–Crippen MR) is 129 cm³/mol. The Kier molecular flexibility index (Phi) is 10.9. The fourth-order valence-corrected chi connectivity index (χ4v) is 3.64. The summed E-state index contributed by atoms with van der Waals surface area (Å²) in [5.41, 5.74) is 2.84. The van der Waals surface area contributed by atoms with Crippen molar-refractivity contribution in [2.24, 2.45) is 0 Å². The van der Waals surface area contributed by atoms with E-state index in [-0.39, 0.29) is 5.91 Å². The molecule has 0 spiro atoms. The van der Waals surface area contributed by atoms with E-state index in [1.54, 1.807) is 0 Å². The highest BCUT2D eigenvalue weighted by atomic mass is 127. The zero-order valence-electron chi connectivity index (χ0n) is 17.6. The molecule has 0 aromatic heterocycles. The molecule has 0 aliphatic rings. The first-order chi connectivity index (χ1) is 14.5. The molecule has 2 aromatic rings. The predicted octanol–water partition coefficient (Wildman–Crippen LogP) is 4.03. The molecule has 2 aromatic carbocycles. The largest absolute Gasteiger partial charge is 0.473 e. The average molecular weight is 561 g/mol. The normalized spacial score (nSPS) is 12.3. The maximum absolute atomic E-state index is 13.0. The van der Waals surface area contributed by atoms with Crippen LogP contribution in [0.15, 0.2) is 48.5 Å². The molecule has 168 valence electrons. The average Bonchev–Trinajstić information content (AvgIpc) is 2.73. The quantitative estimate of drug-likeness (QED) is 0.204. The Balaban J connectivity index is 0.000000703. The van der Waals surface area contributed by atoms with Crippen molar-refractivity contribution in [3.05, 3.63) is 70.2 Å². The summed E-state index contributed by atoms with van der Waals surface area (Å²) in [5, 5.41) is 18.7. The van der Waals surface area contributed by atoms with Gasteiger partial charge in [0, 0.05) is 17.1 Å². The van der Waals surface area contributed by atoms with Crippen molar-refractivity contribution in [2.75, 3.05) is 20.6 Å². The van der Waals surface area contributed by atoms with Crippen LogP contribution < -0.4 is 5.32 Å². The lowest BCUT2D eigenvalue weighted by Crippen LogP contribution is -2.43. The second-order valence-electron chi connectivity index (χ2n) is 6.94. The van der Waals surface area contributed by atoms with Crippen LogP contribution in [0.3, 0.4) is 0 Å². The maximum Gasteiger partial charge on any atom is 0.414 e. The van der Waals surface area contributed by atoms with Crippen LogP contribution in [0.1, 0.15) is 34.8 Å². The minimum absolute atomic E-state index is 0.0412. The number of benzene rings is 2. The summed E-state index contributed by atoms with van der Waals surface area (Å²) in [7, 11) is 4.07. The summed E-state index contributed by atoms with van der Waals surface area (Å²) in [6.45, 7) is 2.93. The van der Waals surface area contributed by atoms with E-state index >= 15 is 0 Å². The molecular formula is C22H26ClIN2O5. The molecule has 1 unspecified atom stereocenters. The number of carboxylic acid groups (broad SMARTS) is 2. The maximum atomic E-state index is 13.0. The summed E-state index contributed by atoms with van der Waals surface area (Å²) >= 11 is 8.38. The summed E-state index contributed by atoms with van der Waals surface area (Å²) in [5.74, 6) is -3.69. The van der Waals surface area contributed by atoms with E-state index in [1.165, 1.54) is 0 Å². The van der Waals surface area contributed by atoms with Crippen LogP contribution in [-0.2, 0) is 19.6 Å². The number of carbonyl (C=O) groups is 3. The first-order valence-corrected chi connectivity index (χ1v) is 10.9. The molecule has 31 heavy (non-hydrogen) atoms. The third-order valence-electron chi connectivity index (χ3n) is 4.34. The molecule has 0 aliphatic heterocycles. The Bertz CT molecular complexity index is 893. The molecular weight excluding hydrogens is 535 g/mol. The number of carbonyl (C=O) groups excluding carboxylic acids is 1. The number of halogens is 2. The molecule has 9 heteroatoms. The zero-order valence-corrected chi connectivity index (χ0v) is 20.5. The van der Waals surface area contributed by atoms with Gasteiger partial charge < -0.3 is 20.4 Å². The molecule has 3 N–H and O–H groups in total. The van der Waals surface area contributed by atoms with Crippen LogP contribution in [0, 0.1) is 0 Å². The number of nitrogens with one attached hydrogen (secondary N) is 1. The lowest BCUT2D eigenvalue weighted by Gasteiger charge is -2.31. The van der Waals surface area contributed by atoms with Gasteiger partial charge in [0.15, 0.2) is 0 Å². The number of carboxylic acids is 2. The second-order valence-corrected chi connectivity index (χ2v) is 9.21. The topological polar surface area (TPSA) is 107 Å². The Morgan fingerprint density at radius 1 is 1.03 bits per heavy atom. The monoisotopic (exact) mass is 560 g/mol. The van der Waals surface area contributed by atoms with E-state index in [0.29, 0.717) is 5.02 Å². The summed E-state index contributed by atoms with van der Waals surface area (Å²) in [4.78, 5) is 33.3. The van der Waals surface area contributed by atoms with Gasteiger partial charge in [0.05, 0.1) is 0 Å². The van der Waals surface area contributed by atoms with Crippen LogP contribution in [0.2, 0.25) is 5.02 Å². The van der Waals surface area contributed by atoms with Gasteiger partial charge >= 0.3 is 11.9 Å². The van der Waals surface area contributed by atoms with Gasteiger partial charge in [-0.15, -0.1) is 0 Å². The van der Waals surface area contributed by atoms with E-state index in [9.17, 15) is 4.79 Å². The third kappa shape index (κ3) is 8.84. The second kappa shape index (κ2) is 12.6. The number of nitrogens with zero attached hydrogens (tertiary/aromatic N) is 1. The van der Waals surface area contributed by atoms with Crippen molar-refractivity contribution in [1.82, 2.24) is 10.2 Å². The van der Waals surface area contributed by atoms with Crippen LogP contribution in [0.25, 0.3) is 0 Å². The van der Waals surface area contributed by atoms with Crippen molar-refractivity contribution < 1.29 is 24.6 Å². The van der Waals surface area contributed by atoms with Crippen molar-refractivity contribution in [1.29, 1.82) is 0 Å². The molecule has 7 nitrogen and oxygen atoms in total. The van der Waals surface area contributed by atoms with E-state index in [4.69, 9.17) is 31.4 Å². The molecule has 1 atom stereocenters. The van der Waals surface area contributed by atoms with Gasteiger partial charge in [-0.25, -0.2) is 9.59 Å². The lowest BCUT2D eigenvalue weighted by molar-refractivity contribution is -0.159. The Morgan fingerprint density at radius 2 is 1.58 bits per heavy atom. The number of hydrogen-bond donors (Lipinski definition) is 3. The van der Waals surface area contributed by atoms with Crippen LogP contribution in [0.5, 0.6) is 0 Å². The first kappa shape index (κ1) is 26.9. The smallest absolute Gasteiger partial charge is 0.414 e. The van der Waals surface area contributed by atoms with Gasteiger partial charge in [-0.3, -0.25) is 4.79 Å². The number of amides is 1. The summed E-state index contributed by atoms with van der Waals surface area (Å²) < 4.78 is -0.495. The van der Waals surface area contributed by atoms with Crippen molar-refractivity contribution >= 4 is 52.0 Å². The molecule has 0 fully saturated rings. The van der Waals surface area contributed by atoms with Gasteiger partial charge in [-0.05, 0) is 78.9 Å². The Labute approximate surface area is 200 Å². The zero-order chi connectivity index (χ0) is 23.6. The van der Waals surface area contributed by atoms with E-state index in [2.05, 4.69) is 39.7 Å².